The van der Waals surface area contributed by atoms with E-state index in [2.05, 4.69) is 32.6 Å². The molecule has 4 rings (SSSR count). The van der Waals surface area contributed by atoms with E-state index in [1.165, 1.54) is 24.3 Å². The van der Waals surface area contributed by atoms with Gasteiger partial charge in [0.05, 0.1) is 7.11 Å². The molecule has 0 aromatic heterocycles. The van der Waals surface area contributed by atoms with Gasteiger partial charge in [0.15, 0.2) is 0 Å². The van der Waals surface area contributed by atoms with Crippen molar-refractivity contribution in [2.24, 2.45) is 0 Å². The van der Waals surface area contributed by atoms with E-state index in [9.17, 15) is 9.59 Å². The van der Waals surface area contributed by atoms with Gasteiger partial charge in [0, 0.05) is 39.8 Å². The number of hydrogen-bond donors (Lipinski definition) is 0. The summed E-state index contributed by atoms with van der Waals surface area (Å²) >= 11 is 0. The van der Waals surface area contributed by atoms with E-state index >= 15 is 0 Å². The van der Waals surface area contributed by atoms with Crippen molar-refractivity contribution in [1.29, 1.82) is 0 Å². The number of carbonyl (C=O) groups is 2. The molecule has 0 saturated carbocycles. The maximum Gasteiger partial charge on any atom is 0.513 e. The largest absolute Gasteiger partial charge is 0.513 e. The van der Waals surface area contributed by atoms with Gasteiger partial charge in [-0.15, -0.1) is 0 Å². The fourth-order valence-electron chi connectivity index (χ4n) is 4.75. The molecule has 0 saturated heterocycles. The van der Waals surface area contributed by atoms with Gasteiger partial charge in [0.25, 0.3) is 0 Å². The molecule has 2 aliphatic carbocycles. The molecule has 160 valence electrons. The van der Waals surface area contributed by atoms with Gasteiger partial charge in [-0.05, 0) is 33.1 Å². The first-order chi connectivity index (χ1) is 14.9. The Morgan fingerprint density at radius 2 is 1.77 bits per heavy atom. The standard InChI is InChI=1S/C26H26O5/c1-5-21(27)30-25-19-12-7-6-11-18(19)24(31-26(28)29-4)22-17-13-16(10-8-9-15(2)3)20(14-17)23(22)25/h5-7,9,11-13,17,20H,1,8,10,14H2,2-4H3. The zero-order valence-electron chi connectivity index (χ0n) is 18.1. The van der Waals surface area contributed by atoms with Crippen molar-refractivity contribution in [1.82, 2.24) is 0 Å². The Hall–Kier alpha value is -3.34. The Morgan fingerprint density at radius 1 is 1.10 bits per heavy atom. The number of fused-ring (bicyclic) bond motifs is 6. The lowest BCUT2D eigenvalue weighted by atomic mass is 9.85. The predicted molar refractivity (Wildman–Crippen MR) is 120 cm³/mol. The van der Waals surface area contributed by atoms with Crippen molar-refractivity contribution in [2.45, 2.75) is 44.9 Å². The third-order valence-electron chi connectivity index (χ3n) is 5.97. The lowest BCUT2D eigenvalue weighted by molar-refractivity contribution is -0.128. The van der Waals surface area contributed by atoms with Crippen molar-refractivity contribution in [3.05, 3.63) is 71.3 Å². The van der Waals surface area contributed by atoms with E-state index < -0.39 is 12.1 Å². The van der Waals surface area contributed by atoms with Crippen LogP contribution in [0.2, 0.25) is 0 Å². The lowest BCUT2D eigenvalue weighted by Gasteiger charge is -2.24. The molecule has 0 aliphatic heterocycles. The maximum absolute atomic E-state index is 12.2. The third kappa shape index (κ3) is 3.76. The average molecular weight is 418 g/mol. The van der Waals surface area contributed by atoms with Crippen LogP contribution in [0.5, 0.6) is 11.5 Å². The van der Waals surface area contributed by atoms with E-state index in [4.69, 9.17) is 14.2 Å². The molecule has 0 radical (unpaired) electrons. The first-order valence-electron chi connectivity index (χ1n) is 10.5. The molecule has 2 aromatic carbocycles. The fraction of sp³-hybridized carbons (Fsp3) is 0.308. The van der Waals surface area contributed by atoms with Crippen molar-refractivity contribution >= 4 is 22.9 Å². The van der Waals surface area contributed by atoms with Gasteiger partial charge >= 0.3 is 12.1 Å². The Morgan fingerprint density at radius 3 is 2.39 bits per heavy atom. The number of benzene rings is 2. The molecule has 2 aromatic rings. The number of methoxy groups -OCH3 is 1. The summed E-state index contributed by atoms with van der Waals surface area (Å²) in [6.45, 7) is 7.73. The van der Waals surface area contributed by atoms with Gasteiger partial charge in [0.2, 0.25) is 0 Å². The van der Waals surface area contributed by atoms with Crippen LogP contribution in [0.25, 0.3) is 10.8 Å². The number of ether oxygens (including phenoxy) is 3. The summed E-state index contributed by atoms with van der Waals surface area (Å²) in [6, 6.07) is 7.49. The Labute approximate surface area is 182 Å². The van der Waals surface area contributed by atoms with Gasteiger partial charge in [-0.2, -0.15) is 0 Å². The molecule has 31 heavy (non-hydrogen) atoms. The monoisotopic (exact) mass is 418 g/mol. The number of carbonyl (C=O) groups excluding carboxylic acids is 2. The van der Waals surface area contributed by atoms with Crippen LogP contribution in [0.3, 0.4) is 0 Å². The summed E-state index contributed by atoms with van der Waals surface area (Å²) in [4.78, 5) is 24.2. The van der Waals surface area contributed by atoms with Gasteiger partial charge in [-0.1, -0.05) is 54.1 Å². The molecule has 0 fully saturated rings. The first kappa shape index (κ1) is 20.9. The predicted octanol–water partition coefficient (Wildman–Crippen LogP) is 6.33. The topological polar surface area (TPSA) is 61.8 Å². The summed E-state index contributed by atoms with van der Waals surface area (Å²) in [5, 5.41) is 1.44. The molecule has 2 aliphatic rings. The summed E-state index contributed by atoms with van der Waals surface area (Å²) < 4.78 is 16.2. The van der Waals surface area contributed by atoms with Crippen LogP contribution in [-0.4, -0.2) is 19.2 Å². The highest BCUT2D eigenvalue weighted by molar-refractivity contribution is 6.00. The number of esters is 1. The second kappa shape index (κ2) is 8.42. The quantitative estimate of drug-likeness (QED) is 0.180. The lowest BCUT2D eigenvalue weighted by Crippen LogP contribution is -2.14. The van der Waals surface area contributed by atoms with Crippen molar-refractivity contribution < 1.29 is 23.8 Å². The van der Waals surface area contributed by atoms with Gasteiger partial charge in [-0.3, -0.25) is 0 Å². The average Bonchev–Trinajstić information content (AvgIpc) is 3.34. The van der Waals surface area contributed by atoms with Crippen LogP contribution >= 0.6 is 0 Å². The molecule has 0 N–H and O–H groups in total. The van der Waals surface area contributed by atoms with Crippen LogP contribution in [0, 0.1) is 0 Å². The minimum absolute atomic E-state index is 0.104. The molecule has 5 nitrogen and oxygen atoms in total. The third-order valence-corrected chi connectivity index (χ3v) is 5.97. The normalized spacial score (nSPS) is 18.2. The highest BCUT2D eigenvalue weighted by atomic mass is 16.7. The van der Waals surface area contributed by atoms with Crippen LogP contribution in [0.1, 0.15) is 56.1 Å². The Balaban J connectivity index is 1.89. The van der Waals surface area contributed by atoms with E-state index in [-0.39, 0.29) is 11.8 Å². The van der Waals surface area contributed by atoms with Crippen LogP contribution < -0.4 is 9.47 Å². The van der Waals surface area contributed by atoms with Gasteiger partial charge in [-0.25, -0.2) is 9.59 Å². The van der Waals surface area contributed by atoms with E-state index in [1.54, 1.807) is 0 Å². The molecule has 2 bridgehead atoms. The number of hydrogen-bond acceptors (Lipinski definition) is 5. The fourth-order valence-corrected chi connectivity index (χ4v) is 4.75. The number of allylic oxidation sites excluding steroid dienone is 4. The van der Waals surface area contributed by atoms with Crippen molar-refractivity contribution in [3.63, 3.8) is 0 Å². The second-order valence-electron chi connectivity index (χ2n) is 8.17. The minimum atomic E-state index is -0.765. The minimum Gasteiger partial charge on any atom is -0.437 e. The van der Waals surface area contributed by atoms with Gasteiger partial charge < -0.3 is 14.2 Å². The smallest absolute Gasteiger partial charge is 0.437 e. The van der Waals surface area contributed by atoms with E-state index in [0.29, 0.717) is 16.9 Å². The van der Waals surface area contributed by atoms with E-state index in [0.717, 1.165) is 35.8 Å². The summed E-state index contributed by atoms with van der Waals surface area (Å²) in [5.74, 6) is 0.748. The molecular weight excluding hydrogens is 392 g/mol. The van der Waals surface area contributed by atoms with Crippen molar-refractivity contribution in [3.8, 4) is 11.5 Å². The summed E-state index contributed by atoms with van der Waals surface area (Å²) in [6.07, 6.45) is 7.71. The summed E-state index contributed by atoms with van der Waals surface area (Å²) in [5.41, 5.74) is 4.48. The van der Waals surface area contributed by atoms with Crippen LogP contribution in [-0.2, 0) is 9.53 Å². The van der Waals surface area contributed by atoms with Gasteiger partial charge in [0.1, 0.15) is 11.5 Å². The molecule has 0 amide bonds. The zero-order valence-corrected chi connectivity index (χ0v) is 18.1. The molecule has 2 atom stereocenters. The van der Waals surface area contributed by atoms with Crippen LogP contribution in [0.15, 0.2) is 60.2 Å². The SMILES string of the molecule is C=CC(=O)Oc1c2c(c(OC(=O)OC)c3ccccc13)C1C=C(CCC=C(C)C)C2C1. The van der Waals surface area contributed by atoms with Crippen LogP contribution in [0.4, 0.5) is 4.79 Å². The second-order valence-corrected chi connectivity index (χ2v) is 8.17. The highest BCUT2D eigenvalue weighted by Crippen LogP contribution is 2.61. The Kier molecular flexibility index (Phi) is 5.68. The zero-order chi connectivity index (χ0) is 22.1. The molecule has 0 spiro atoms. The highest BCUT2D eigenvalue weighted by Gasteiger charge is 2.44. The molecule has 2 unspecified atom stereocenters. The number of rotatable bonds is 6. The molecule has 0 heterocycles. The molecular formula is C26H26O5. The van der Waals surface area contributed by atoms with Crippen molar-refractivity contribution in [2.75, 3.05) is 7.11 Å². The summed E-state index contributed by atoms with van der Waals surface area (Å²) in [7, 11) is 1.29. The molecule has 5 heteroatoms. The first-order valence-corrected chi connectivity index (χ1v) is 10.5. The maximum atomic E-state index is 12.2. The van der Waals surface area contributed by atoms with E-state index in [1.807, 2.05) is 24.3 Å². The Bertz CT molecular complexity index is 1130.